The van der Waals surface area contributed by atoms with Crippen molar-refractivity contribution in [3.63, 3.8) is 0 Å². The number of Topliss-reactive ketones (excluding diaryl/α,β-unsaturated/α-hetero) is 1. The second-order valence-corrected chi connectivity index (χ2v) is 9.45. The lowest BCUT2D eigenvalue weighted by Crippen LogP contribution is -2.58. The van der Waals surface area contributed by atoms with E-state index in [2.05, 4.69) is 20.8 Å². The van der Waals surface area contributed by atoms with E-state index in [4.69, 9.17) is 4.74 Å². The fourth-order valence-corrected chi connectivity index (χ4v) is 5.38. The maximum Gasteiger partial charge on any atom is 0.172 e. The van der Waals surface area contributed by atoms with Crippen LogP contribution in [0.1, 0.15) is 79.6 Å². The molecule has 0 unspecified atom stereocenters. The molecule has 2 rings (SSSR count). The van der Waals surface area contributed by atoms with Crippen LogP contribution in [0.25, 0.3) is 0 Å². The molecule has 0 amide bonds. The SMILES string of the molecule is CC(=O)CC[C@H]1C(C)(C)CCC[C@]1(C)[C@@]1(O)CC[C@](C)([C@H](O)CO)O1. The fraction of sp³-hybridized carbons (Fsp3) is 0.950. The molecule has 3 N–H and O–H groups in total. The van der Waals surface area contributed by atoms with Crippen molar-refractivity contribution < 1.29 is 24.9 Å². The number of ketones is 1. The second kappa shape index (κ2) is 6.91. The molecule has 1 aliphatic carbocycles. The largest absolute Gasteiger partial charge is 0.394 e. The Labute approximate surface area is 151 Å². The van der Waals surface area contributed by atoms with E-state index in [9.17, 15) is 20.1 Å². The summed E-state index contributed by atoms with van der Waals surface area (Å²) in [6.07, 6.45) is 4.08. The quantitative estimate of drug-likeness (QED) is 0.681. The van der Waals surface area contributed by atoms with E-state index < -0.39 is 22.9 Å². The molecule has 0 spiro atoms. The molecule has 5 heteroatoms. The van der Waals surface area contributed by atoms with Gasteiger partial charge in [-0.05, 0) is 50.9 Å². The highest BCUT2D eigenvalue weighted by atomic mass is 16.7. The Morgan fingerprint density at radius 1 is 1.16 bits per heavy atom. The molecule has 2 aliphatic rings. The van der Waals surface area contributed by atoms with Gasteiger partial charge in [-0.3, -0.25) is 0 Å². The van der Waals surface area contributed by atoms with Crippen LogP contribution in [0.4, 0.5) is 0 Å². The summed E-state index contributed by atoms with van der Waals surface area (Å²) in [6, 6.07) is 0. The first kappa shape index (κ1) is 20.8. The molecule has 0 aromatic rings. The van der Waals surface area contributed by atoms with Gasteiger partial charge >= 0.3 is 0 Å². The van der Waals surface area contributed by atoms with Crippen LogP contribution in [0.15, 0.2) is 0 Å². The summed E-state index contributed by atoms with van der Waals surface area (Å²) in [4.78, 5) is 11.6. The first-order chi connectivity index (χ1) is 11.4. The van der Waals surface area contributed by atoms with E-state index in [0.717, 1.165) is 25.7 Å². The summed E-state index contributed by atoms with van der Waals surface area (Å²) in [5, 5.41) is 31.0. The maximum atomic E-state index is 11.6. The van der Waals surface area contributed by atoms with E-state index in [1.807, 2.05) is 0 Å². The summed E-state index contributed by atoms with van der Waals surface area (Å²) in [6.45, 7) is 9.50. The number of ether oxygens (including phenoxy) is 1. The minimum atomic E-state index is -1.35. The number of hydrogen-bond acceptors (Lipinski definition) is 5. The molecule has 1 saturated carbocycles. The Balaban J connectivity index is 2.33. The molecule has 0 aromatic carbocycles. The molecule has 0 aromatic heterocycles. The standard InChI is InChI=1S/C20H36O5/c1-14(22)7-8-15-17(2,3)9-6-10-18(15,4)20(24)12-11-19(5,25-20)16(23)13-21/h15-16,21,23-24H,6-13H2,1-5H3/t15-,16+,18-,19+,20+/m0/s1. The van der Waals surface area contributed by atoms with Gasteiger partial charge in [0.05, 0.1) is 12.2 Å². The molecule has 1 saturated heterocycles. The average Bonchev–Trinajstić information content (AvgIpc) is 2.83. The predicted molar refractivity (Wildman–Crippen MR) is 95.9 cm³/mol. The first-order valence-electron chi connectivity index (χ1n) is 9.61. The third-order valence-electron chi connectivity index (χ3n) is 7.15. The zero-order valence-corrected chi connectivity index (χ0v) is 16.5. The van der Waals surface area contributed by atoms with Gasteiger partial charge in [-0.1, -0.05) is 27.2 Å². The van der Waals surface area contributed by atoms with Gasteiger partial charge in [0, 0.05) is 18.3 Å². The number of carbonyl (C=O) groups is 1. The van der Waals surface area contributed by atoms with Crippen molar-refractivity contribution in [3.8, 4) is 0 Å². The van der Waals surface area contributed by atoms with Gasteiger partial charge in [-0.25, -0.2) is 0 Å². The average molecular weight is 357 g/mol. The van der Waals surface area contributed by atoms with Crippen molar-refractivity contribution in [1.82, 2.24) is 0 Å². The summed E-state index contributed by atoms with van der Waals surface area (Å²) in [5.41, 5.74) is -1.42. The van der Waals surface area contributed by atoms with Crippen LogP contribution in [0.3, 0.4) is 0 Å². The molecule has 0 bridgehead atoms. The molecule has 1 heterocycles. The van der Waals surface area contributed by atoms with Gasteiger partial charge in [0.1, 0.15) is 11.9 Å². The van der Waals surface area contributed by atoms with Gasteiger partial charge in [-0.2, -0.15) is 0 Å². The zero-order chi connectivity index (χ0) is 19.1. The lowest BCUT2D eigenvalue weighted by atomic mass is 9.52. The summed E-state index contributed by atoms with van der Waals surface area (Å²) in [5.74, 6) is -1.03. The highest BCUT2D eigenvalue weighted by Crippen LogP contribution is 2.61. The van der Waals surface area contributed by atoms with E-state index >= 15 is 0 Å². The smallest absolute Gasteiger partial charge is 0.172 e. The summed E-state index contributed by atoms with van der Waals surface area (Å²) >= 11 is 0. The topological polar surface area (TPSA) is 87.0 Å². The molecule has 5 atom stereocenters. The third kappa shape index (κ3) is 3.66. The maximum absolute atomic E-state index is 11.6. The number of rotatable bonds is 6. The van der Waals surface area contributed by atoms with Crippen molar-refractivity contribution in [1.29, 1.82) is 0 Å². The van der Waals surface area contributed by atoms with Crippen LogP contribution in [-0.4, -0.2) is 45.2 Å². The Hall–Kier alpha value is -0.490. The Kier molecular flexibility index (Phi) is 5.76. The van der Waals surface area contributed by atoms with Crippen molar-refractivity contribution >= 4 is 5.78 Å². The molecule has 5 nitrogen and oxygen atoms in total. The fourth-order valence-electron chi connectivity index (χ4n) is 5.38. The van der Waals surface area contributed by atoms with Gasteiger partial charge in [0.15, 0.2) is 5.79 Å². The van der Waals surface area contributed by atoms with Gasteiger partial charge in [-0.15, -0.1) is 0 Å². The Bertz CT molecular complexity index is 504. The third-order valence-corrected chi connectivity index (χ3v) is 7.15. The van der Waals surface area contributed by atoms with Crippen LogP contribution in [0.2, 0.25) is 0 Å². The summed E-state index contributed by atoms with van der Waals surface area (Å²) < 4.78 is 6.12. The van der Waals surface area contributed by atoms with E-state index in [1.54, 1.807) is 13.8 Å². The highest BCUT2D eigenvalue weighted by Gasteiger charge is 2.63. The molecule has 25 heavy (non-hydrogen) atoms. The molecule has 0 radical (unpaired) electrons. The van der Waals surface area contributed by atoms with Gasteiger partial charge in [0.25, 0.3) is 0 Å². The minimum absolute atomic E-state index is 0.0100. The van der Waals surface area contributed by atoms with Crippen molar-refractivity contribution in [3.05, 3.63) is 0 Å². The lowest BCUT2D eigenvalue weighted by molar-refractivity contribution is -0.318. The van der Waals surface area contributed by atoms with Crippen molar-refractivity contribution in [2.45, 2.75) is 97.1 Å². The van der Waals surface area contributed by atoms with Crippen LogP contribution in [0, 0.1) is 16.7 Å². The second-order valence-electron chi connectivity index (χ2n) is 9.45. The van der Waals surface area contributed by atoms with E-state index in [-0.39, 0.29) is 23.7 Å². The van der Waals surface area contributed by atoms with Gasteiger partial charge < -0.3 is 24.9 Å². The lowest BCUT2D eigenvalue weighted by Gasteiger charge is -2.57. The molecule has 146 valence electrons. The van der Waals surface area contributed by atoms with Crippen LogP contribution in [-0.2, 0) is 9.53 Å². The molecular weight excluding hydrogens is 320 g/mol. The van der Waals surface area contributed by atoms with Crippen molar-refractivity contribution in [2.75, 3.05) is 6.61 Å². The molecular formula is C20H36O5. The number of aliphatic hydroxyl groups is 3. The van der Waals surface area contributed by atoms with Crippen molar-refractivity contribution in [2.24, 2.45) is 16.7 Å². The highest BCUT2D eigenvalue weighted by molar-refractivity contribution is 5.75. The van der Waals surface area contributed by atoms with E-state index in [1.165, 1.54) is 0 Å². The van der Waals surface area contributed by atoms with Crippen LogP contribution >= 0.6 is 0 Å². The molecule has 2 fully saturated rings. The Morgan fingerprint density at radius 3 is 2.36 bits per heavy atom. The summed E-state index contributed by atoms with van der Waals surface area (Å²) in [7, 11) is 0. The number of aliphatic hydroxyl groups excluding tert-OH is 2. The van der Waals surface area contributed by atoms with Crippen LogP contribution in [0.5, 0.6) is 0 Å². The Morgan fingerprint density at radius 2 is 1.80 bits per heavy atom. The van der Waals surface area contributed by atoms with Gasteiger partial charge in [0.2, 0.25) is 0 Å². The number of hydrogen-bond donors (Lipinski definition) is 3. The number of carbonyl (C=O) groups excluding carboxylic acids is 1. The van der Waals surface area contributed by atoms with E-state index in [0.29, 0.717) is 19.3 Å². The zero-order valence-electron chi connectivity index (χ0n) is 16.5. The monoisotopic (exact) mass is 356 g/mol. The first-order valence-corrected chi connectivity index (χ1v) is 9.61. The molecule has 1 aliphatic heterocycles. The van der Waals surface area contributed by atoms with Crippen LogP contribution < -0.4 is 0 Å². The minimum Gasteiger partial charge on any atom is -0.394 e. The predicted octanol–water partition coefficient (Wildman–Crippen LogP) is 2.80. The normalized spacial score (nSPS) is 42.3.